The van der Waals surface area contributed by atoms with E-state index in [1.807, 2.05) is 0 Å². The normalized spacial score (nSPS) is 24.3. The van der Waals surface area contributed by atoms with Gasteiger partial charge in [-0.05, 0) is 73.1 Å². The molecule has 7 amide bonds. The van der Waals surface area contributed by atoms with Crippen molar-refractivity contribution >= 4 is 53.3 Å². The molecule has 0 radical (unpaired) electrons. The van der Waals surface area contributed by atoms with Crippen molar-refractivity contribution < 1.29 is 68.3 Å². The first-order valence-corrected chi connectivity index (χ1v) is 23.4. The van der Waals surface area contributed by atoms with Gasteiger partial charge in [0.05, 0.1) is 18.6 Å². The minimum absolute atomic E-state index is 0.0638. The Bertz CT molecular complexity index is 2400. The number of likely N-dealkylation sites (N-methyl/N-ethyl adjacent to an activating group) is 1. The molecule has 3 aromatic carbocycles. The molecule has 2 bridgehead atoms. The highest BCUT2D eigenvalue weighted by molar-refractivity contribution is 6.00. The van der Waals surface area contributed by atoms with Gasteiger partial charge in [-0.2, -0.15) is 0 Å². The Balaban J connectivity index is 1.65. The van der Waals surface area contributed by atoms with E-state index in [0.717, 1.165) is 9.80 Å². The van der Waals surface area contributed by atoms with Crippen molar-refractivity contribution in [2.24, 2.45) is 5.92 Å². The summed E-state index contributed by atoms with van der Waals surface area (Å²) in [6, 6.07) is 8.06. The van der Waals surface area contributed by atoms with Gasteiger partial charge in [-0.25, -0.2) is 9.59 Å². The molecule has 1 saturated heterocycles. The number of aliphatic carboxylic acids is 1. The van der Waals surface area contributed by atoms with Crippen LogP contribution in [-0.4, -0.2) is 145 Å². The number of amides is 7. The lowest BCUT2D eigenvalue weighted by molar-refractivity contribution is -0.157. The van der Waals surface area contributed by atoms with Gasteiger partial charge >= 0.3 is 18.0 Å². The SMILES string of the molecule is CCCC(=O)NC(CC(=O)O)C(=O)NC1C(=O)NC(Cc2ccc(O)cc2)C(=O)NC2CCC(O)C(C2=O)N(Cc2ccccc2)C(=O)N(C)C(Cc2ccc(O)cc2)C(=O)NC(C(C)C)C(=O)OC1C. The van der Waals surface area contributed by atoms with Crippen LogP contribution in [0.5, 0.6) is 11.5 Å². The van der Waals surface area contributed by atoms with Gasteiger partial charge in [-0.3, -0.25) is 33.6 Å². The topological polar surface area (TPSA) is 310 Å². The zero-order chi connectivity index (χ0) is 52.1. The number of hydrogen-bond acceptors (Lipinski definition) is 13. The number of ketones is 1. The number of aliphatic hydroxyl groups is 1. The Morgan fingerprint density at radius 3 is 1.97 bits per heavy atom. The number of aliphatic hydroxyl groups excluding tert-OH is 1. The van der Waals surface area contributed by atoms with Crippen LogP contribution >= 0.6 is 0 Å². The molecule has 5 rings (SSSR count). The average Bonchev–Trinajstić information content (AvgIpc) is 3.32. The molecule has 0 spiro atoms. The number of phenolic OH excluding ortho intramolecular Hbond substituents is 2. The van der Waals surface area contributed by atoms with E-state index in [4.69, 9.17) is 4.74 Å². The number of carbonyl (C=O) groups excluding carboxylic acids is 8. The molecule has 1 saturated carbocycles. The van der Waals surface area contributed by atoms with Crippen molar-refractivity contribution in [3.05, 3.63) is 95.6 Å². The first-order chi connectivity index (χ1) is 33.7. The number of ether oxygens (including phenoxy) is 1. The second-order valence-corrected chi connectivity index (χ2v) is 18.2. The first-order valence-electron chi connectivity index (χ1n) is 23.4. The summed E-state index contributed by atoms with van der Waals surface area (Å²) in [4.78, 5) is 129. The lowest BCUT2D eigenvalue weighted by Crippen LogP contribution is -2.65. The first kappa shape index (κ1) is 54.4. The van der Waals surface area contributed by atoms with Crippen LogP contribution in [0.25, 0.3) is 0 Å². The van der Waals surface area contributed by atoms with E-state index < -0.39 is 120 Å². The number of carbonyl (C=O) groups is 9. The van der Waals surface area contributed by atoms with E-state index >= 15 is 4.79 Å². The molecule has 21 nitrogen and oxygen atoms in total. The maximum absolute atomic E-state index is 15.0. The smallest absolute Gasteiger partial charge is 0.329 e. The Labute approximate surface area is 410 Å². The second kappa shape index (κ2) is 24.8. The maximum atomic E-state index is 15.0. The number of phenols is 2. The average molecular weight is 986 g/mol. The number of aromatic hydroxyl groups is 2. The Morgan fingerprint density at radius 2 is 1.39 bits per heavy atom. The summed E-state index contributed by atoms with van der Waals surface area (Å²) >= 11 is 0. The number of cyclic esters (lactones) is 1. The van der Waals surface area contributed by atoms with Crippen LogP contribution in [-0.2, 0) is 62.5 Å². The molecule has 9 atom stereocenters. The van der Waals surface area contributed by atoms with Crippen LogP contribution in [0.3, 0.4) is 0 Å². The highest BCUT2D eigenvalue weighted by atomic mass is 16.5. The van der Waals surface area contributed by atoms with Crippen LogP contribution in [0.15, 0.2) is 78.9 Å². The number of urea groups is 1. The van der Waals surface area contributed by atoms with Crippen LogP contribution in [0.2, 0.25) is 0 Å². The molecule has 21 heteroatoms. The maximum Gasteiger partial charge on any atom is 0.329 e. The minimum atomic E-state index is -1.90. The number of rotatable bonds is 14. The number of Topliss-reactive ketones (excluding diaryl/α,β-unsaturated/α-hetero) is 1. The van der Waals surface area contributed by atoms with Gasteiger partial charge in [-0.1, -0.05) is 75.4 Å². The molecule has 1 aliphatic carbocycles. The number of esters is 1. The third-order valence-corrected chi connectivity index (χ3v) is 12.4. The van der Waals surface area contributed by atoms with Crippen LogP contribution in [0.1, 0.15) is 76.5 Å². The van der Waals surface area contributed by atoms with Crippen molar-refractivity contribution in [2.45, 2.75) is 134 Å². The summed E-state index contributed by atoms with van der Waals surface area (Å²) in [5.41, 5.74) is 1.43. The van der Waals surface area contributed by atoms with E-state index in [1.54, 1.807) is 51.1 Å². The van der Waals surface area contributed by atoms with Gasteiger partial charge < -0.3 is 61.5 Å². The third kappa shape index (κ3) is 14.7. The monoisotopic (exact) mass is 985 g/mol. The lowest BCUT2D eigenvalue weighted by atomic mass is 9.85. The fraction of sp³-hybridized carbons (Fsp3) is 0.460. The van der Waals surface area contributed by atoms with Crippen LogP contribution in [0, 0.1) is 5.92 Å². The zero-order valence-corrected chi connectivity index (χ0v) is 40.2. The molecular weight excluding hydrogens is 923 g/mol. The molecule has 1 heterocycles. The minimum Gasteiger partial charge on any atom is -0.508 e. The second-order valence-electron chi connectivity index (χ2n) is 18.2. The van der Waals surface area contributed by atoms with Crippen molar-refractivity contribution in [1.29, 1.82) is 0 Å². The van der Waals surface area contributed by atoms with Crippen LogP contribution < -0.4 is 26.6 Å². The summed E-state index contributed by atoms with van der Waals surface area (Å²) in [6.45, 7) is 5.84. The fourth-order valence-corrected chi connectivity index (χ4v) is 8.41. The summed E-state index contributed by atoms with van der Waals surface area (Å²) in [5, 5.41) is 54.0. The number of carboxylic acid groups (broad SMARTS) is 1. The zero-order valence-electron chi connectivity index (χ0n) is 40.2. The Hall–Kier alpha value is -7.55. The van der Waals surface area contributed by atoms with E-state index in [2.05, 4.69) is 26.6 Å². The van der Waals surface area contributed by atoms with Crippen LogP contribution in [0.4, 0.5) is 4.79 Å². The molecule has 9 unspecified atom stereocenters. The highest BCUT2D eigenvalue weighted by Crippen LogP contribution is 2.26. The Kier molecular flexibility index (Phi) is 19.0. The number of benzene rings is 3. The predicted molar refractivity (Wildman–Crippen MR) is 254 cm³/mol. The van der Waals surface area contributed by atoms with E-state index in [0.29, 0.717) is 23.1 Å². The standard InChI is InChI=1S/C50H63N7O14/c1-6-10-39(61)51-36(25-40(62)63)46(66)55-42-28(4)71-49(69)41(27(2)3)54-47(67)37(24-30-15-19-33(59)20-16-30)56(5)50(70)57(26-31-11-8-7-9-12-31)43-38(60)22-21-34(44(43)64)52-45(65)35(53-48(42)68)23-29-13-17-32(58)18-14-29/h7-9,11-20,27-28,34-38,41-43,58-60H,6,10,21-26H2,1-5H3,(H,51,61)(H,52,65)(H,53,68)(H,54,67)(H,55,66)(H,62,63). The predicted octanol–water partition coefficient (Wildman–Crippen LogP) is 1.20. The van der Waals surface area contributed by atoms with Gasteiger partial charge in [-0.15, -0.1) is 0 Å². The van der Waals surface area contributed by atoms with Gasteiger partial charge in [0.15, 0.2) is 5.78 Å². The van der Waals surface area contributed by atoms with E-state index in [-0.39, 0.29) is 50.1 Å². The Morgan fingerprint density at radius 1 is 0.789 bits per heavy atom. The molecule has 2 aliphatic rings. The molecule has 382 valence electrons. The summed E-state index contributed by atoms with van der Waals surface area (Å²) < 4.78 is 5.83. The number of hydrogen-bond donors (Lipinski definition) is 9. The van der Waals surface area contributed by atoms with Gasteiger partial charge in [0.25, 0.3) is 0 Å². The molecule has 2 fully saturated rings. The van der Waals surface area contributed by atoms with Gasteiger partial charge in [0.2, 0.25) is 29.5 Å². The summed E-state index contributed by atoms with van der Waals surface area (Å²) in [7, 11) is 1.32. The number of fused-ring (bicyclic) bond motifs is 2. The molecule has 9 N–H and O–H groups in total. The van der Waals surface area contributed by atoms with Gasteiger partial charge in [0.1, 0.15) is 53.9 Å². The van der Waals surface area contributed by atoms with Crippen molar-refractivity contribution in [3.8, 4) is 11.5 Å². The van der Waals surface area contributed by atoms with Crippen molar-refractivity contribution in [3.63, 3.8) is 0 Å². The molecule has 1 aliphatic heterocycles. The molecule has 71 heavy (non-hydrogen) atoms. The highest BCUT2D eigenvalue weighted by Gasteiger charge is 2.46. The number of carboxylic acids is 1. The van der Waals surface area contributed by atoms with E-state index in [9.17, 15) is 58.8 Å². The van der Waals surface area contributed by atoms with Gasteiger partial charge in [0, 0.05) is 32.9 Å². The number of nitrogens with one attached hydrogen (secondary N) is 5. The summed E-state index contributed by atoms with van der Waals surface area (Å²) in [5.74, 6) is -9.00. The molecule has 3 aromatic rings. The molecule has 0 aromatic heterocycles. The largest absolute Gasteiger partial charge is 0.508 e. The molecular formula is C50H63N7O14. The van der Waals surface area contributed by atoms with Crippen molar-refractivity contribution in [1.82, 2.24) is 36.4 Å². The fourth-order valence-electron chi connectivity index (χ4n) is 8.41. The summed E-state index contributed by atoms with van der Waals surface area (Å²) in [6.07, 6.45) is -4.37. The number of nitrogens with zero attached hydrogens (tertiary/aromatic N) is 2. The third-order valence-electron chi connectivity index (χ3n) is 12.4. The van der Waals surface area contributed by atoms with Crippen molar-refractivity contribution in [2.75, 3.05) is 7.05 Å². The van der Waals surface area contributed by atoms with E-state index in [1.165, 1.54) is 62.5 Å². The lowest BCUT2D eigenvalue weighted by Gasteiger charge is -2.42. The quantitative estimate of drug-likeness (QED) is 0.103.